The SMILES string of the molecule is COc1cc(F)c(-c2nc3ccccc3[nH]2)c(OC)c1. The molecule has 5 heteroatoms. The van der Waals surface area contributed by atoms with Crippen molar-refractivity contribution in [2.75, 3.05) is 14.2 Å². The Bertz CT molecular complexity index is 735. The average molecular weight is 272 g/mol. The van der Waals surface area contributed by atoms with Gasteiger partial charge in [-0.25, -0.2) is 9.37 Å². The van der Waals surface area contributed by atoms with Gasteiger partial charge in [-0.3, -0.25) is 0 Å². The summed E-state index contributed by atoms with van der Waals surface area (Å²) in [5, 5.41) is 0. The predicted octanol–water partition coefficient (Wildman–Crippen LogP) is 3.39. The van der Waals surface area contributed by atoms with Crippen LogP contribution in [0.3, 0.4) is 0 Å². The number of para-hydroxylation sites is 2. The van der Waals surface area contributed by atoms with Crippen molar-refractivity contribution in [3.05, 3.63) is 42.2 Å². The van der Waals surface area contributed by atoms with Gasteiger partial charge < -0.3 is 14.5 Å². The second-order valence-corrected chi connectivity index (χ2v) is 4.29. The third-order valence-electron chi connectivity index (χ3n) is 3.11. The van der Waals surface area contributed by atoms with E-state index in [1.165, 1.54) is 20.3 Å². The molecule has 1 heterocycles. The van der Waals surface area contributed by atoms with Crippen LogP contribution in [0.15, 0.2) is 36.4 Å². The molecular formula is C15H13FN2O2. The Hall–Kier alpha value is -2.56. The number of aromatic amines is 1. The highest BCUT2D eigenvalue weighted by molar-refractivity contribution is 5.81. The minimum absolute atomic E-state index is 0.296. The number of nitrogens with one attached hydrogen (secondary N) is 1. The van der Waals surface area contributed by atoms with E-state index in [-0.39, 0.29) is 0 Å². The summed E-state index contributed by atoms with van der Waals surface area (Å²) in [5.74, 6) is 0.767. The monoisotopic (exact) mass is 272 g/mol. The number of halogens is 1. The molecule has 1 N–H and O–H groups in total. The van der Waals surface area contributed by atoms with Gasteiger partial charge in [-0.05, 0) is 12.1 Å². The molecule has 0 aliphatic carbocycles. The number of imidazole rings is 1. The molecule has 1 aromatic heterocycles. The van der Waals surface area contributed by atoms with Gasteiger partial charge in [0.25, 0.3) is 0 Å². The fourth-order valence-corrected chi connectivity index (χ4v) is 2.14. The maximum Gasteiger partial charge on any atom is 0.145 e. The number of H-pyrrole nitrogens is 1. The highest BCUT2D eigenvalue weighted by Gasteiger charge is 2.17. The van der Waals surface area contributed by atoms with E-state index < -0.39 is 5.82 Å². The van der Waals surface area contributed by atoms with Crippen LogP contribution in [0.2, 0.25) is 0 Å². The summed E-state index contributed by atoms with van der Waals surface area (Å²) in [5.41, 5.74) is 1.92. The number of rotatable bonds is 3. The Morgan fingerprint density at radius 2 is 1.90 bits per heavy atom. The molecule has 0 aliphatic heterocycles. The quantitative estimate of drug-likeness (QED) is 0.795. The molecule has 0 spiro atoms. The molecule has 0 saturated carbocycles. The molecule has 3 rings (SSSR count). The Labute approximate surface area is 115 Å². The summed E-state index contributed by atoms with van der Waals surface area (Å²) < 4.78 is 24.6. The number of benzene rings is 2. The summed E-state index contributed by atoms with van der Waals surface area (Å²) in [7, 11) is 2.97. The molecule has 0 radical (unpaired) electrons. The molecule has 4 nitrogen and oxygen atoms in total. The fraction of sp³-hybridized carbons (Fsp3) is 0.133. The minimum atomic E-state index is -0.444. The summed E-state index contributed by atoms with van der Waals surface area (Å²) in [4.78, 5) is 7.48. The minimum Gasteiger partial charge on any atom is -0.497 e. The number of hydrogen-bond acceptors (Lipinski definition) is 3. The van der Waals surface area contributed by atoms with Gasteiger partial charge in [-0.15, -0.1) is 0 Å². The van der Waals surface area contributed by atoms with Crippen LogP contribution in [0, 0.1) is 5.82 Å². The number of nitrogens with zero attached hydrogens (tertiary/aromatic N) is 1. The molecule has 0 unspecified atom stereocenters. The second-order valence-electron chi connectivity index (χ2n) is 4.29. The molecule has 20 heavy (non-hydrogen) atoms. The van der Waals surface area contributed by atoms with E-state index in [1.54, 1.807) is 6.07 Å². The Balaban J connectivity index is 2.22. The Kier molecular flexibility index (Phi) is 3.02. The maximum atomic E-state index is 14.3. The number of hydrogen-bond donors (Lipinski definition) is 1. The van der Waals surface area contributed by atoms with Crippen molar-refractivity contribution in [2.24, 2.45) is 0 Å². The van der Waals surface area contributed by atoms with Gasteiger partial charge in [-0.1, -0.05) is 12.1 Å². The van der Waals surface area contributed by atoms with Crippen molar-refractivity contribution in [1.82, 2.24) is 9.97 Å². The number of fused-ring (bicyclic) bond motifs is 1. The molecule has 0 bridgehead atoms. The first-order valence-electron chi connectivity index (χ1n) is 6.09. The number of aromatic nitrogens is 2. The van der Waals surface area contributed by atoms with Crippen molar-refractivity contribution in [3.63, 3.8) is 0 Å². The summed E-state index contributed by atoms with van der Waals surface area (Å²) in [6, 6.07) is 10.5. The molecule has 102 valence electrons. The van der Waals surface area contributed by atoms with E-state index in [9.17, 15) is 4.39 Å². The average Bonchev–Trinajstić information content (AvgIpc) is 2.89. The van der Waals surface area contributed by atoms with Crippen molar-refractivity contribution in [1.29, 1.82) is 0 Å². The lowest BCUT2D eigenvalue weighted by molar-refractivity contribution is 0.390. The van der Waals surface area contributed by atoms with Crippen LogP contribution in [-0.2, 0) is 0 Å². The lowest BCUT2D eigenvalue weighted by Crippen LogP contribution is -1.95. The van der Waals surface area contributed by atoms with Crippen LogP contribution in [0.4, 0.5) is 4.39 Å². The van der Waals surface area contributed by atoms with E-state index in [1.807, 2.05) is 24.3 Å². The smallest absolute Gasteiger partial charge is 0.145 e. The summed E-state index contributed by atoms with van der Waals surface area (Å²) >= 11 is 0. The van der Waals surface area contributed by atoms with Crippen molar-refractivity contribution in [3.8, 4) is 22.9 Å². The number of ether oxygens (including phenoxy) is 2. The zero-order chi connectivity index (χ0) is 14.1. The highest BCUT2D eigenvalue weighted by atomic mass is 19.1. The summed E-state index contributed by atoms with van der Waals surface area (Å²) in [6.45, 7) is 0. The van der Waals surface area contributed by atoms with Crippen molar-refractivity contribution < 1.29 is 13.9 Å². The van der Waals surface area contributed by atoms with Crippen LogP contribution >= 0.6 is 0 Å². The van der Waals surface area contributed by atoms with Crippen LogP contribution < -0.4 is 9.47 Å². The number of methoxy groups -OCH3 is 2. The third-order valence-corrected chi connectivity index (χ3v) is 3.11. The maximum absolute atomic E-state index is 14.3. The molecule has 0 fully saturated rings. The zero-order valence-electron chi connectivity index (χ0n) is 11.1. The lowest BCUT2D eigenvalue weighted by atomic mass is 10.1. The second kappa shape index (κ2) is 4.85. The van der Waals surface area contributed by atoms with Crippen LogP contribution in [0.25, 0.3) is 22.4 Å². The highest BCUT2D eigenvalue weighted by Crippen LogP contribution is 2.35. The lowest BCUT2D eigenvalue weighted by Gasteiger charge is -2.09. The van der Waals surface area contributed by atoms with Crippen molar-refractivity contribution >= 4 is 11.0 Å². The van der Waals surface area contributed by atoms with Gasteiger partial charge in [0.05, 0.1) is 30.8 Å². The van der Waals surface area contributed by atoms with E-state index >= 15 is 0 Å². The molecule has 0 amide bonds. The van der Waals surface area contributed by atoms with Crippen LogP contribution in [0.5, 0.6) is 11.5 Å². The van der Waals surface area contributed by atoms with E-state index in [0.29, 0.717) is 22.9 Å². The molecule has 2 aromatic carbocycles. The molecule has 0 saturated heterocycles. The van der Waals surface area contributed by atoms with E-state index in [4.69, 9.17) is 9.47 Å². The molecule has 0 atom stereocenters. The Morgan fingerprint density at radius 1 is 1.10 bits per heavy atom. The third kappa shape index (κ3) is 1.97. The first-order chi connectivity index (χ1) is 9.72. The van der Waals surface area contributed by atoms with Gasteiger partial charge >= 0.3 is 0 Å². The van der Waals surface area contributed by atoms with Gasteiger partial charge in [0, 0.05) is 12.1 Å². The van der Waals surface area contributed by atoms with Gasteiger partial charge in [-0.2, -0.15) is 0 Å². The first-order valence-corrected chi connectivity index (χ1v) is 6.09. The molecule has 0 aliphatic rings. The van der Waals surface area contributed by atoms with Crippen LogP contribution in [0.1, 0.15) is 0 Å². The standard InChI is InChI=1S/C15H13FN2O2/c1-19-9-7-10(16)14(13(8-9)20-2)15-17-11-5-3-4-6-12(11)18-15/h3-8H,1-2H3,(H,17,18). The Morgan fingerprint density at radius 3 is 2.60 bits per heavy atom. The van der Waals surface area contributed by atoms with E-state index in [2.05, 4.69) is 9.97 Å². The zero-order valence-corrected chi connectivity index (χ0v) is 11.1. The van der Waals surface area contributed by atoms with Gasteiger partial charge in [0.1, 0.15) is 23.1 Å². The van der Waals surface area contributed by atoms with Crippen molar-refractivity contribution in [2.45, 2.75) is 0 Å². The van der Waals surface area contributed by atoms with Gasteiger partial charge in [0.15, 0.2) is 0 Å². The topological polar surface area (TPSA) is 47.1 Å². The predicted molar refractivity (Wildman–Crippen MR) is 74.6 cm³/mol. The molecule has 3 aromatic rings. The normalized spacial score (nSPS) is 10.8. The summed E-state index contributed by atoms with van der Waals surface area (Å²) in [6.07, 6.45) is 0. The fourth-order valence-electron chi connectivity index (χ4n) is 2.14. The van der Waals surface area contributed by atoms with E-state index in [0.717, 1.165) is 11.0 Å². The van der Waals surface area contributed by atoms with Crippen LogP contribution in [-0.4, -0.2) is 24.2 Å². The largest absolute Gasteiger partial charge is 0.497 e. The first kappa shape index (κ1) is 12.5. The molecular weight excluding hydrogens is 259 g/mol. The van der Waals surface area contributed by atoms with Gasteiger partial charge in [0.2, 0.25) is 0 Å².